The zero-order valence-electron chi connectivity index (χ0n) is 10.9. The quantitative estimate of drug-likeness (QED) is 0.881. The molecule has 1 aromatic heterocycles. The minimum atomic E-state index is -4.54. The van der Waals surface area contributed by atoms with Crippen LogP contribution in [0.3, 0.4) is 0 Å². The summed E-state index contributed by atoms with van der Waals surface area (Å²) in [7, 11) is 1.27. The van der Waals surface area contributed by atoms with Gasteiger partial charge in [-0.25, -0.2) is 4.98 Å². The van der Waals surface area contributed by atoms with E-state index in [1.54, 1.807) is 0 Å². The number of benzene rings is 1. The molecule has 2 aromatic rings. The van der Waals surface area contributed by atoms with Crippen LogP contribution in [0.4, 0.5) is 18.3 Å². The number of ether oxygens (including phenoxy) is 1. The van der Waals surface area contributed by atoms with Crippen molar-refractivity contribution in [2.75, 3.05) is 12.4 Å². The lowest BCUT2D eigenvalue weighted by molar-refractivity contribution is -0.134. The number of rotatable bonds is 3. The number of carbonyl (C=O) groups is 1. The van der Waals surface area contributed by atoms with E-state index in [4.69, 9.17) is 16.3 Å². The largest absolute Gasteiger partial charge is 0.504 e. The lowest BCUT2D eigenvalue weighted by Crippen LogP contribution is -2.12. The van der Waals surface area contributed by atoms with E-state index >= 15 is 0 Å². The monoisotopic (exact) mass is 352 g/mol. The molecule has 0 aliphatic rings. The van der Waals surface area contributed by atoms with E-state index in [1.807, 2.05) is 0 Å². The van der Waals surface area contributed by atoms with Gasteiger partial charge in [0.25, 0.3) is 5.91 Å². The maximum Gasteiger partial charge on any atom is 0.427 e. The number of halogens is 4. The summed E-state index contributed by atoms with van der Waals surface area (Å²) in [6, 6.07) is 2.45. The number of phenolic OH excluding ortho intramolecular Hbond substituents is 1. The van der Waals surface area contributed by atoms with Crippen LogP contribution in [0.25, 0.3) is 0 Å². The molecule has 0 aliphatic heterocycles. The van der Waals surface area contributed by atoms with Crippen molar-refractivity contribution in [3.05, 3.63) is 33.8 Å². The molecule has 1 amide bonds. The number of carbonyl (C=O) groups excluding carboxylic acids is 1. The SMILES string of the molecule is COc1cc(Cl)cc(C(=O)Nc2ncc(C(F)(F)F)s2)c1O. The van der Waals surface area contributed by atoms with Crippen molar-refractivity contribution >= 4 is 34.0 Å². The number of alkyl halides is 3. The van der Waals surface area contributed by atoms with Crippen LogP contribution >= 0.6 is 22.9 Å². The fourth-order valence-electron chi connectivity index (χ4n) is 1.53. The molecule has 0 spiro atoms. The highest BCUT2D eigenvalue weighted by molar-refractivity contribution is 7.15. The van der Waals surface area contributed by atoms with Crippen LogP contribution in [-0.2, 0) is 6.18 Å². The number of aromatic nitrogens is 1. The average Bonchev–Trinajstić information content (AvgIpc) is 2.89. The zero-order chi connectivity index (χ0) is 16.5. The molecule has 10 heteroatoms. The first-order chi connectivity index (χ1) is 10.2. The number of hydrogen-bond acceptors (Lipinski definition) is 5. The summed E-state index contributed by atoms with van der Waals surface area (Å²) < 4.78 is 42.2. The van der Waals surface area contributed by atoms with Crippen molar-refractivity contribution in [2.24, 2.45) is 0 Å². The lowest BCUT2D eigenvalue weighted by Gasteiger charge is -2.09. The first-order valence-corrected chi connectivity index (χ1v) is 6.82. The molecular weight excluding hydrogens is 345 g/mol. The average molecular weight is 353 g/mol. The molecule has 0 saturated heterocycles. The first kappa shape index (κ1) is 16.4. The van der Waals surface area contributed by atoms with Gasteiger partial charge in [-0.3, -0.25) is 10.1 Å². The molecule has 2 N–H and O–H groups in total. The Hall–Kier alpha value is -2.00. The third-order valence-electron chi connectivity index (χ3n) is 2.51. The maximum absolute atomic E-state index is 12.5. The minimum absolute atomic E-state index is 0.0345. The van der Waals surface area contributed by atoms with Crippen LogP contribution in [0, 0.1) is 0 Å². The fraction of sp³-hybridized carbons (Fsp3) is 0.167. The van der Waals surface area contributed by atoms with E-state index in [0.717, 1.165) is 6.07 Å². The van der Waals surface area contributed by atoms with Gasteiger partial charge < -0.3 is 9.84 Å². The van der Waals surface area contributed by atoms with Crippen LogP contribution < -0.4 is 10.1 Å². The van der Waals surface area contributed by atoms with Gasteiger partial charge >= 0.3 is 6.18 Å². The third-order valence-corrected chi connectivity index (χ3v) is 3.69. The van der Waals surface area contributed by atoms with Crippen LogP contribution in [0.15, 0.2) is 18.3 Å². The van der Waals surface area contributed by atoms with Crippen molar-refractivity contribution < 1.29 is 27.8 Å². The highest BCUT2D eigenvalue weighted by atomic mass is 35.5. The van der Waals surface area contributed by atoms with Crippen LogP contribution in [0.5, 0.6) is 11.5 Å². The number of aromatic hydroxyl groups is 1. The van der Waals surface area contributed by atoms with E-state index < -0.39 is 22.7 Å². The summed E-state index contributed by atoms with van der Waals surface area (Å²) in [6.07, 6.45) is -3.93. The Morgan fingerprint density at radius 2 is 2.14 bits per heavy atom. The Morgan fingerprint density at radius 3 is 2.68 bits per heavy atom. The Bertz CT molecular complexity index is 718. The number of methoxy groups -OCH3 is 1. The van der Waals surface area contributed by atoms with E-state index in [9.17, 15) is 23.1 Å². The van der Waals surface area contributed by atoms with E-state index in [-0.39, 0.29) is 32.8 Å². The van der Waals surface area contributed by atoms with Gasteiger partial charge in [0.15, 0.2) is 16.6 Å². The number of phenols is 1. The second-order valence-corrected chi connectivity index (χ2v) is 5.45. The summed E-state index contributed by atoms with van der Waals surface area (Å²) in [5, 5.41) is 11.9. The van der Waals surface area contributed by atoms with Gasteiger partial charge in [-0.05, 0) is 6.07 Å². The standard InChI is InChI=1S/C12H8ClF3N2O3S/c1-21-7-3-5(13)2-6(9(7)19)10(20)18-11-17-4-8(22-11)12(14,15)16/h2-4,19H,1H3,(H,17,18,20). The number of nitrogens with one attached hydrogen (secondary N) is 1. The smallest absolute Gasteiger partial charge is 0.427 e. The van der Waals surface area contributed by atoms with Gasteiger partial charge in [0.1, 0.15) is 4.88 Å². The van der Waals surface area contributed by atoms with Gasteiger partial charge in [-0.15, -0.1) is 0 Å². The van der Waals surface area contributed by atoms with Crippen molar-refractivity contribution in [3.8, 4) is 11.5 Å². The summed E-state index contributed by atoms with van der Waals surface area (Å²) in [4.78, 5) is 14.5. The van der Waals surface area contributed by atoms with Crippen molar-refractivity contribution in [2.45, 2.75) is 6.18 Å². The molecule has 0 bridgehead atoms. The van der Waals surface area contributed by atoms with E-state index in [2.05, 4.69) is 10.3 Å². The second kappa shape index (κ2) is 6.01. The summed E-state index contributed by atoms with van der Waals surface area (Å²) in [5.74, 6) is -1.37. The number of amides is 1. The van der Waals surface area contributed by atoms with Crippen LogP contribution in [-0.4, -0.2) is 23.1 Å². The van der Waals surface area contributed by atoms with Crippen molar-refractivity contribution in [3.63, 3.8) is 0 Å². The van der Waals surface area contributed by atoms with Gasteiger partial charge in [0.2, 0.25) is 0 Å². The molecule has 1 heterocycles. The van der Waals surface area contributed by atoms with Crippen LogP contribution in [0.2, 0.25) is 5.02 Å². The van der Waals surface area contributed by atoms with Crippen molar-refractivity contribution in [1.29, 1.82) is 0 Å². The number of anilines is 1. The molecule has 0 atom stereocenters. The zero-order valence-corrected chi connectivity index (χ0v) is 12.4. The molecule has 0 radical (unpaired) electrons. The molecule has 118 valence electrons. The number of hydrogen-bond donors (Lipinski definition) is 2. The normalized spacial score (nSPS) is 11.3. The van der Waals surface area contributed by atoms with Gasteiger partial charge in [0.05, 0.1) is 18.9 Å². The minimum Gasteiger partial charge on any atom is -0.504 e. The topological polar surface area (TPSA) is 71.5 Å². The molecule has 1 aromatic carbocycles. The van der Waals surface area contributed by atoms with E-state index in [1.165, 1.54) is 13.2 Å². The predicted octanol–water partition coefficient (Wildman–Crippen LogP) is 3.78. The second-order valence-electron chi connectivity index (χ2n) is 3.99. The molecule has 0 saturated carbocycles. The molecule has 5 nitrogen and oxygen atoms in total. The summed E-state index contributed by atoms with van der Waals surface area (Å²) in [5.41, 5.74) is -0.242. The fourth-order valence-corrected chi connectivity index (χ4v) is 2.42. The Balaban J connectivity index is 2.26. The summed E-state index contributed by atoms with van der Waals surface area (Å²) >= 11 is 6.05. The highest BCUT2D eigenvalue weighted by Crippen LogP contribution is 2.36. The Morgan fingerprint density at radius 1 is 1.45 bits per heavy atom. The molecule has 0 aliphatic carbocycles. The molecule has 2 rings (SSSR count). The molecule has 0 fully saturated rings. The highest BCUT2D eigenvalue weighted by Gasteiger charge is 2.33. The molecule has 0 unspecified atom stereocenters. The Kier molecular flexibility index (Phi) is 4.47. The number of nitrogens with zero attached hydrogens (tertiary/aromatic N) is 1. The van der Waals surface area contributed by atoms with Gasteiger partial charge in [0, 0.05) is 11.1 Å². The third kappa shape index (κ3) is 3.42. The van der Waals surface area contributed by atoms with Crippen LogP contribution in [0.1, 0.15) is 15.2 Å². The Labute approximate surface area is 131 Å². The van der Waals surface area contributed by atoms with Crippen molar-refractivity contribution in [1.82, 2.24) is 4.98 Å². The first-order valence-electron chi connectivity index (χ1n) is 5.63. The molecule has 22 heavy (non-hydrogen) atoms. The predicted molar refractivity (Wildman–Crippen MR) is 74.7 cm³/mol. The maximum atomic E-state index is 12.5. The lowest BCUT2D eigenvalue weighted by atomic mass is 10.1. The summed E-state index contributed by atoms with van der Waals surface area (Å²) in [6.45, 7) is 0. The van der Waals surface area contributed by atoms with Gasteiger partial charge in [-0.2, -0.15) is 13.2 Å². The van der Waals surface area contributed by atoms with E-state index in [0.29, 0.717) is 6.20 Å². The molecular formula is C12H8ClF3N2O3S. The van der Waals surface area contributed by atoms with Gasteiger partial charge in [-0.1, -0.05) is 22.9 Å². The number of thiazole rings is 1.